The molecule has 1 N–H and O–H groups in total. The Balaban J connectivity index is 1.76. The summed E-state index contributed by atoms with van der Waals surface area (Å²) in [7, 11) is -2.28. The summed E-state index contributed by atoms with van der Waals surface area (Å²) in [6, 6.07) is 0. The van der Waals surface area contributed by atoms with Gasteiger partial charge >= 0.3 is 12.1 Å². The molecule has 0 aromatic rings. The van der Waals surface area contributed by atoms with Gasteiger partial charge in [-0.2, -0.15) is 0 Å². The first-order valence-electron chi connectivity index (χ1n) is 14.0. The molecule has 1 heterocycles. The number of carbonyl (C=O) groups is 2. The Labute approximate surface area is 222 Å². The summed E-state index contributed by atoms with van der Waals surface area (Å²) in [5, 5.41) is 12.7. The predicted octanol–water partition coefficient (Wildman–Crippen LogP) is 5.47. The molecule has 1 saturated heterocycles. The lowest BCUT2D eigenvalue weighted by molar-refractivity contribution is -0.195. The number of rotatable bonds is 3. The summed E-state index contributed by atoms with van der Waals surface area (Å²) in [5.41, 5.74) is -1.42. The smallest absolute Gasteiger partial charge is 0.454 e. The Hall–Kier alpha value is -1.38. The molecule has 3 unspecified atom stereocenters. The highest BCUT2D eigenvalue weighted by Gasteiger charge is 2.83. The summed E-state index contributed by atoms with van der Waals surface area (Å²) >= 11 is 0. The summed E-state index contributed by atoms with van der Waals surface area (Å²) < 4.78 is 25.4. The van der Waals surface area contributed by atoms with E-state index in [9.17, 15) is 14.7 Å². The van der Waals surface area contributed by atoms with Gasteiger partial charge in [-0.3, -0.25) is 4.79 Å². The van der Waals surface area contributed by atoms with Crippen molar-refractivity contribution in [2.45, 2.75) is 117 Å². The van der Waals surface area contributed by atoms with Gasteiger partial charge in [-0.15, -0.1) is 0 Å². The number of aliphatic hydroxyl groups is 1. The highest BCUT2D eigenvalue weighted by molar-refractivity contribution is 6.74. The molecular weight excluding hydrogens is 488 g/mol. The van der Waals surface area contributed by atoms with Crippen LogP contribution < -0.4 is 0 Å². The number of carbonyl (C=O) groups excluding carboxylic acids is 2. The van der Waals surface area contributed by atoms with E-state index in [0.29, 0.717) is 5.92 Å². The fourth-order valence-electron chi connectivity index (χ4n) is 8.76. The molecule has 3 saturated carbocycles. The third-order valence-corrected chi connectivity index (χ3v) is 16.0. The molecule has 0 aromatic carbocycles. The molecule has 4 aliphatic carbocycles. The van der Waals surface area contributed by atoms with Crippen LogP contribution >= 0.6 is 0 Å². The van der Waals surface area contributed by atoms with Gasteiger partial charge in [-0.25, -0.2) is 4.79 Å². The van der Waals surface area contributed by atoms with Crippen LogP contribution in [0.1, 0.15) is 68.7 Å². The second-order valence-electron chi connectivity index (χ2n) is 14.8. The Bertz CT molecular complexity index is 1040. The van der Waals surface area contributed by atoms with Crippen molar-refractivity contribution in [3.05, 3.63) is 11.6 Å². The normalized spacial score (nSPS) is 47.8. The first kappa shape index (κ1) is 27.2. The Morgan fingerprint density at radius 3 is 2.41 bits per heavy atom. The van der Waals surface area contributed by atoms with Gasteiger partial charge in [-0.1, -0.05) is 54.5 Å². The molecule has 1 aliphatic heterocycles. The van der Waals surface area contributed by atoms with E-state index in [4.69, 9.17) is 18.6 Å². The third kappa shape index (κ3) is 3.30. The van der Waals surface area contributed by atoms with Crippen molar-refractivity contribution in [2.24, 2.45) is 40.4 Å². The highest BCUT2D eigenvalue weighted by Crippen LogP contribution is 2.75. The molecule has 8 heteroatoms. The summed E-state index contributed by atoms with van der Waals surface area (Å²) in [6.07, 6.45) is -0.557. The van der Waals surface area contributed by atoms with Gasteiger partial charge in [-0.05, 0) is 60.2 Å². The standard InChI is InChI=1S/C29H46O7Si/c1-14-13-28-15(2)12-18-20(27(18,8)9)19(22(28)31)21(36-37(10,11)26(5,6)7)16(3)24-29(28,35-25(32)34-24)23(14)33-17(4)30/h13,15-16,18-24,31H,12H2,1-11H3/t15-,16+,18-,19?,20-,21?,22?,23+,24-,28+,29-/m1/s1. The highest BCUT2D eigenvalue weighted by atomic mass is 28.4. The number of ether oxygens (including phenoxy) is 3. The van der Waals surface area contributed by atoms with Gasteiger partial charge in [0.2, 0.25) is 5.60 Å². The number of esters is 1. The van der Waals surface area contributed by atoms with E-state index in [1.807, 2.05) is 6.92 Å². The lowest BCUT2D eigenvalue weighted by Gasteiger charge is -2.50. The van der Waals surface area contributed by atoms with E-state index in [1.165, 1.54) is 6.92 Å². The summed E-state index contributed by atoms with van der Waals surface area (Å²) in [5.74, 6) is -0.232. The molecule has 0 aromatic heterocycles. The lowest BCUT2D eigenvalue weighted by atomic mass is 9.58. The lowest BCUT2D eigenvalue weighted by Crippen LogP contribution is -2.66. The molecule has 2 bridgehead atoms. The number of hydrogen-bond donors (Lipinski definition) is 1. The molecule has 37 heavy (non-hydrogen) atoms. The molecule has 5 rings (SSSR count). The van der Waals surface area contributed by atoms with Crippen LogP contribution in [-0.2, 0) is 23.4 Å². The molecule has 11 atom stereocenters. The molecule has 0 amide bonds. The first-order valence-corrected chi connectivity index (χ1v) is 16.9. The number of aliphatic hydroxyl groups excluding tert-OH is 1. The fraction of sp³-hybridized carbons (Fsp3) is 0.862. The van der Waals surface area contributed by atoms with Crippen LogP contribution in [0.15, 0.2) is 11.6 Å². The first-order chi connectivity index (χ1) is 16.8. The van der Waals surface area contributed by atoms with Crippen LogP contribution in [0.25, 0.3) is 0 Å². The van der Waals surface area contributed by atoms with Gasteiger partial charge in [0.05, 0.1) is 17.6 Å². The van der Waals surface area contributed by atoms with E-state index in [0.717, 1.165) is 12.0 Å². The summed E-state index contributed by atoms with van der Waals surface area (Å²) in [4.78, 5) is 25.4. The van der Waals surface area contributed by atoms with E-state index >= 15 is 0 Å². The van der Waals surface area contributed by atoms with Crippen molar-refractivity contribution in [3.63, 3.8) is 0 Å². The number of hydrogen-bond acceptors (Lipinski definition) is 7. The zero-order chi connectivity index (χ0) is 27.7. The van der Waals surface area contributed by atoms with Gasteiger partial charge in [0.1, 0.15) is 0 Å². The second kappa shape index (κ2) is 7.84. The minimum atomic E-state index is -2.28. The maximum absolute atomic E-state index is 13.0. The molecule has 4 fully saturated rings. The molecular formula is C29H46O7Si. The fourth-order valence-corrected chi connectivity index (χ4v) is 10.2. The van der Waals surface area contributed by atoms with Crippen LogP contribution in [0, 0.1) is 40.4 Å². The minimum Gasteiger partial charge on any atom is -0.454 e. The maximum Gasteiger partial charge on any atom is 0.509 e. The summed E-state index contributed by atoms with van der Waals surface area (Å²) in [6.45, 7) is 23.2. The molecule has 5 aliphatic rings. The molecule has 2 spiro atoms. The SMILES string of the molecule is CC(=O)O[C@H]1C(C)=C[C@]23C(O)C(C(O[Si](C)(C)C(C)(C)C)[C@H](C)[C@H]4OC(=O)O[C@@]412)[C@H]1[C@@H](C[C@H]3C)C1(C)C. The van der Waals surface area contributed by atoms with Crippen molar-refractivity contribution in [1.29, 1.82) is 0 Å². The van der Waals surface area contributed by atoms with Gasteiger partial charge in [0.25, 0.3) is 0 Å². The Morgan fingerprint density at radius 2 is 1.84 bits per heavy atom. The third-order valence-electron chi connectivity index (χ3n) is 11.6. The van der Waals surface area contributed by atoms with E-state index in [-0.39, 0.29) is 40.2 Å². The van der Waals surface area contributed by atoms with Crippen molar-refractivity contribution >= 4 is 20.4 Å². The van der Waals surface area contributed by atoms with Crippen LogP contribution in [0.2, 0.25) is 18.1 Å². The Kier molecular flexibility index (Phi) is 5.77. The zero-order valence-corrected chi connectivity index (χ0v) is 25.4. The average Bonchev–Trinajstić information content (AvgIpc) is 3.03. The van der Waals surface area contributed by atoms with Crippen molar-refractivity contribution in [2.75, 3.05) is 0 Å². The van der Waals surface area contributed by atoms with Crippen molar-refractivity contribution in [1.82, 2.24) is 0 Å². The van der Waals surface area contributed by atoms with Crippen LogP contribution in [0.5, 0.6) is 0 Å². The predicted molar refractivity (Wildman–Crippen MR) is 141 cm³/mol. The molecule has 0 radical (unpaired) electrons. The van der Waals surface area contributed by atoms with Crippen molar-refractivity contribution < 1.29 is 33.3 Å². The largest absolute Gasteiger partial charge is 0.509 e. The minimum absolute atomic E-state index is 0.0342. The van der Waals surface area contributed by atoms with Gasteiger partial charge < -0.3 is 23.7 Å². The quantitative estimate of drug-likeness (QED) is 0.292. The maximum atomic E-state index is 13.0. The second-order valence-corrected chi connectivity index (χ2v) is 19.6. The van der Waals surface area contributed by atoms with Crippen LogP contribution in [-0.4, -0.2) is 55.6 Å². The van der Waals surface area contributed by atoms with E-state index in [1.54, 1.807) is 0 Å². The van der Waals surface area contributed by atoms with Gasteiger partial charge in [0.15, 0.2) is 20.5 Å². The average molecular weight is 535 g/mol. The monoisotopic (exact) mass is 534 g/mol. The molecule has 208 valence electrons. The van der Waals surface area contributed by atoms with Crippen molar-refractivity contribution in [3.8, 4) is 0 Å². The van der Waals surface area contributed by atoms with Crippen LogP contribution in [0.3, 0.4) is 0 Å². The van der Waals surface area contributed by atoms with Gasteiger partial charge in [0, 0.05) is 18.8 Å². The number of fused-ring (bicyclic) bond motifs is 3. The topological polar surface area (TPSA) is 91.3 Å². The molecule has 7 nitrogen and oxygen atoms in total. The van der Waals surface area contributed by atoms with E-state index < -0.39 is 49.8 Å². The van der Waals surface area contributed by atoms with Crippen LogP contribution in [0.4, 0.5) is 4.79 Å². The zero-order valence-electron chi connectivity index (χ0n) is 24.4. The Morgan fingerprint density at radius 1 is 1.22 bits per heavy atom. The van der Waals surface area contributed by atoms with E-state index in [2.05, 4.69) is 67.6 Å².